The van der Waals surface area contributed by atoms with Gasteiger partial charge in [-0.05, 0) is 25.8 Å². The van der Waals surface area contributed by atoms with Crippen molar-refractivity contribution in [1.82, 2.24) is 10.6 Å². The first kappa shape index (κ1) is 22.8. The predicted molar refractivity (Wildman–Crippen MR) is 97.2 cm³/mol. The van der Waals surface area contributed by atoms with Crippen molar-refractivity contribution < 1.29 is 33.3 Å². The number of amides is 2. The Morgan fingerprint density at radius 2 is 1.67 bits per heavy atom. The van der Waals surface area contributed by atoms with Crippen molar-refractivity contribution in [2.75, 3.05) is 20.8 Å². The van der Waals surface area contributed by atoms with Gasteiger partial charge in [-0.3, -0.25) is 0 Å². The second-order valence-electron chi connectivity index (χ2n) is 6.06. The van der Waals surface area contributed by atoms with Gasteiger partial charge in [0.15, 0.2) is 0 Å². The van der Waals surface area contributed by atoms with Crippen molar-refractivity contribution >= 4 is 18.2 Å². The van der Waals surface area contributed by atoms with E-state index in [1.54, 1.807) is 13.0 Å². The Hall–Kier alpha value is -2.29. The highest BCUT2D eigenvalue weighted by atomic mass is 16.5. The molecule has 154 valence electrons. The van der Waals surface area contributed by atoms with Gasteiger partial charge in [0.05, 0.1) is 45.1 Å². The lowest BCUT2D eigenvalue weighted by molar-refractivity contribution is -0.139. The third-order valence-corrected chi connectivity index (χ3v) is 4.35. The molecule has 2 N–H and O–H groups in total. The minimum atomic E-state index is -0.678. The molecule has 9 heteroatoms. The maximum Gasteiger partial charge on any atom is 0.407 e. The van der Waals surface area contributed by atoms with Crippen molar-refractivity contribution in [3.8, 4) is 0 Å². The maximum absolute atomic E-state index is 12.3. The fourth-order valence-corrected chi connectivity index (χ4v) is 2.89. The van der Waals surface area contributed by atoms with Crippen LogP contribution in [0.1, 0.15) is 40.0 Å². The van der Waals surface area contributed by atoms with Gasteiger partial charge < -0.3 is 29.6 Å². The summed E-state index contributed by atoms with van der Waals surface area (Å²) in [6.07, 6.45) is 1.26. The molecule has 1 aliphatic rings. The largest absolute Gasteiger partial charge is 0.463 e. The summed E-state index contributed by atoms with van der Waals surface area (Å²) in [7, 11) is 2.48. The molecule has 0 aromatic rings. The van der Waals surface area contributed by atoms with E-state index >= 15 is 0 Å². The fraction of sp³-hybridized carbons (Fsp3) is 0.722. The second kappa shape index (κ2) is 11.4. The molecule has 1 aliphatic carbocycles. The van der Waals surface area contributed by atoms with Gasteiger partial charge in [-0.15, -0.1) is 0 Å². The number of esters is 1. The SMILES string of the molecule is CCOC(=O)C1=C[C@@H](OC(CC)CC)[C@H](NC(=O)OC)[C@@H](NC(=O)OC)C1. The third-order valence-electron chi connectivity index (χ3n) is 4.35. The summed E-state index contributed by atoms with van der Waals surface area (Å²) >= 11 is 0. The molecule has 0 fully saturated rings. The number of nitrogens with one attached hydrogen (secondary N) is 2. The first-order valence-corrected chi connectivity index (χ1v) is 9.12. The zero-order valence-corrected chi connectivity index (χ0v) is 16.6. The summed E-state index contributed by atoms with van der Waals surface area (Å²) in [6.45, 7) is 5.91. The Morgan fingerprint density at radius 3 is 2.19 bits per heavy atom. The standard InChI is InChI=1S/C18H30N2O7/c1-6-12(7-2)27-14-10-11(16(21)26-8-3)9-13(19-17(22)24-4)15(14)20-18(23)25-5/h10,12-15H,6-9H2,1-5H3,(H,19,22)(H,20,23)/t13-,14+,15+/m0/s1. The van der Waals surface area contributed by atoms with E-state index < -0.39 is 36.3 Å². The molecular formula is C18H30N2O7. The summed E-state index contributed by atoms with van der Waals surface area (Å²) in [4.78, 5) is 35.8. The molecule has 27 heavy (non-hydrogen) atoms. The van der Waals surface area contributed by atoms with Crippen LogP contribution in [0.3, 0.4) is 0 Å². The van der Waals surface area contributed by atoms with Gasteiger partial charge >= 0.3 is 18.2 Å². The fourth-order valence-electron chi connectivity index (χ4n) is 2.89. The summed E-state index contributed by atoms with van der Waals surface area (Å²) in [5.74, 6) is -0.483. The van der Waals surface area contributed by atoms with Gasteiger partial charge in [-0.1, -0.05) is 13.8 Å². The van der Waals surface area contributed by atoms with Crippen LogP contribution in [0.25, 0.3) is 0 Å². The van der Waals surface area contributed by atoms with Crippen LogP contribution in [-0.4, -0.2) is 63.3 Å². The van der Waals surface area contributed by atoms with Crippen LogP contribution in [0, 0.1) is 0 Å². The molecule has 0 aliphatic heterocycles. The average Bonchev–Trinajstić information content (AvgIpc) is 2.67. The number of ether oxygens (including phenoxy) is 4. The highest BCUT2D eigenvalue weighted by Crippen LogP contribution is 2.25. The molecule has 0 saturated heterocycles. The third kappa shape index (κ3) is 6.74. The number of carbonyl (C=O) groups is 3. The molecule has 0 spiro atoms. The molecule has 3 atom stereocenters. The van der Waals surface area contributed by atoms with Crippen molar-refractivity contribution in [3.63, 3.8) is 0 Å². The van der Waals surface area contributed by atoms with Crippen LogP contribution in [0.4, 0.5) is 9.59 Å². The minimum absolute atomic E-state index is 0.0754. The monoisotopic (exact) mass is 386 g/mol. The van der Waals surface area contributed by atoms with E-state index in [-0.39, 0.29) is 19.1 Å². The molecule has 0 heterocycles. The summed E-state index contributed by atoms with van der Waals surface area (Å²) in [6, 6.07) is -1.28. The highest BCUT2D eigenvalue weighted by molar-refractivity contribution is 5.89. The summed E-state index contributed by atoms with van der Waals surface area (Å²) in [5.41, 5.74) is 0.372. The van der Waals surface area contributed by atoms with Gasteiger partial charge in [0.25, 0.3) is 0 Å². The van der Waals surface area contributed by atoms with Crippen LogP contribution >= 0.6 is 0 Å². The summed E-state index contributed by atoms with van der Waals surface area (Å²) < 4.78 is 20.5. The van der Waals surface area contributed by atoms with Gasteiger partial charge in [0.2, 0.25) is 0 Å². The Labute approximate surface area is 159 Å². The van der Waals surface area contributed by atoms with E-state index in [2.05, 4.69) is 20.1 Å². The number of alkyl carbamates (subject to hydrolysis) is 2. The first-order chi connectivity index (χ1) is 12.9. The van der Waals surface area contributed by atoms with Crippen LogP contribution in [0.5, 0.6) is 0 Å². The molecule has 9 nitrogen and oxygen atoms in total. The zero-order chi connectivity index (χ0) is 20.4. The quantitative estimate of drug-likeness (QED) is 0.484. The maximum atomic E-state index is 12.3. The number of hydrogen-bond acceptors (Lipinski definition) is 7. The molecule has 1 rings (SSSR count). The minimum Gasteiger partial charge on any atom is -0.463 e. The van der Waals surface area contributed by atoms with Crippen LogP contribution < -0.4 is 10.6 Å². The second-order valence-corrected chi connectivity index (χ2v) is 6.06. The molecule has 2 amide bonds. The number of rotatable bonds is 8. The number of methoxy groups -OCH3 is 2. The molecule has 0 aromatic heterocycles. The highest BCUT2D eigenvalue weighted by Gasteiger charge is 2.39. The predicted octanol–water partition coefficient (Wildman–Crippen LogP) is 1.90. The summed E-state index contributed by atoms with van der Waals surface area (Å²) in [5, 5.41) is 5.34. The van der Waals surface area contributed by atoms with Crippen molar-refractivity contribution in [2.45, 2.75) is 64.3 Å². The van der Waals surface area contributed by atoms with E-state index in [0.29, 0.717) is 5.57 Å². The lowest BCUT2D eigenvalue weighted by Gasteiger charge is -2.38. The van der Waals surface area contributed by atoms with Gasteiger partial charge in [-0.2, -0.15) is 0 Å². The van der Waals surface area contributed by atoms with Crippen LogP contribution in [0.2, 0.25) is 0 Å². The zero-order valence-electron chi connectivity index (χ0n) is 16.6. The van der Waals surface area contributed by atoms with E-state index in [4.69, 9.17) is 9.47 Å². The Balaban J connectivity index is 3.21. The van der Waals surface area contributed by atoms with Gasteiger partial charge in [0.1, 0.15) is 0 Å². The lowest BCUT2D eigenvalue weighted by atomic mass is 9.87. The van der Waals surface area contributed by atoms with E-state index in [1.807, 2.05) is 13.8 Å². The van der Waals surface area contributed by atoms with Gasteiger partial charge in [0, 0.05) is 12.0 Å². The first-order valence-electron chi connectivity index (χ1n) is 9.12. The van der Waals surface area contributed by atoms with Crippen molar-refractivity contribution in [2.24, 2.45) is 0 Å². The lowest BCUT2D eigenvalue weighted by Crippen LogP contribution is -2.59. The Kier molecular flexibility index (Phi) is 9.63. The normalized spacial score (nSPS) is 21.9. The van der Waals surface area contributed by atoms with Crippen LogP contribution in [-0.2, 0) is 23.7 Å². The Bertz CT molecular complexity index is 546. The van der Waals surface area contributed by atoms with Crippen molar-refractivity contribution in [1.29, 1.82) is 0 Å². The smallest absolute Gasteiger partial charge is 0.407 e. The Morgan fingerprint density at radius 1 is 1.07 bits per heavy atom. The number of hydrogen-bond donors (Lipinski definition) is 2. The molecule has 0 saturated carbocycles. The molecule has 0 bridgehead atoms. The van der Waals surface area contributed by atoms with Crippen molar-refractivity contribution in [3.05, 3.63) is 11.6 Å². The molecular weight excluding hydrogens is 356 g/mol. The van der Waals surface area contributed by atoms with Gasteiger partial charge in [-0.25, -0.2) is 14.4 Å². The van der Waals surface area contributed by atoms with E-state index in [0.717, 1.165) is 12.8 Å². The van der Waals surface area contributed by atoms with Crippen LogP contribution in [0.15, 0.2) is 11.6 Å². The van der Waals surface area contributed by atoms with E-state index in [9.17, 15) is 14.4 Å². The number of carbonyl (C=O) groups excluding carboxylic acids is 3. The topological polar surface area (TPSA) is 112 Å². The average molecular weight is 386 g/mol. The molecule has 0 radical (unpaired) electrons. The molecule has 0 aromatic carbocycles. The molecule has 0 unspecified atom stereocenters. The van der Waals surface area contributed by atoms with E-state index in [1.165, 1.54) is 14.2 Å².